The Balaban J connectivity index is 2.67. The van der Waals surface area contributed by atoms with E-state index in [1.807, 2.05) is 35.8 Å². The lowest BCUT2D eigenvalue weighted by Crippen LogP contribution is -2.08. The maximum absolute atomic E-state index is 9.49. The number of benzene rings is 1. The summed E-state index contributed by atoms with van der Waals surface area (Å²) in [4.78, 5) is 3.18. The van der Waals surface area contributed by atoms with Crippen molar-refractivity contribution in [1.82, 2.24) is 9.55 Å². The van der Waals surface area contributed by atoms with Crippen molar-refractivity contribution in [3.8, 4) is 17.3 Å². The Hall–Kier alpha value is -1.77. The Morgan fingerprint density at radius 1 is 1.33 bits per heavy atom. The fourth-order valence-corrected chi connectivity index (χ4v) is 2.88. The summed E-state index contributed by atoms with van der Waals surface area (Å²) >= 11 is 10.9. The Bertz CT molecular complexity index is 809. The fraction of sp³-hybridized carbons (Fsp3) is 0.312. The van der Waals surface area contributed by atoms with Gasteiger partial charge in [0.2, 0.25) is 0 Å². The van der Waals surface area contributed by atoms with E-state index < -0.39 is 0 Å². The summed E-state index contributed by atoms with van der Waals surface area (Å²) in [6.07, 6.45) is 2.04. The number of aromatic amines is 1. The van der Waals surface area contributed by atoms with Crippen LogP contribution >= 0.6 is 24.4 Å². The summed E-state index contributed by atoms with van der Waals surface area (Å²) in [5.41, 5.74) is 3.26. The number of nitrogens with zero attached hydrogens (tertiary/aromatic N) is 2. The largest absolute Gasteiger partial charge is 0.331 e. The average molecular weight is 315 g/mol. The standard InChI is InChI=1S/C16H17N3S2/c1-3-4-8-19-15(20)13(10-17)14(18-16(19)21)12-7-5-6-11(2)9-12/h5-7,9H,3-4,8H2,1-2H3,(H,18,21). The van der Waals surface area contributed by atoms with Gasteiger partial charge in [-0.1, -0.05) is 49.3 Å². The van der Waals surface area contributed by atoms with Crippen LogP contribution in [0.25, 0.3) is 11.3 Å². The minimum Gasteiger partial charge on any atom is -0.331 e. The van der Waals surface area contributed by atoms with Crippen LogP contribution in [0.3, 0.4) is 0 Å². The van der Waals surface area contributed by atoms with Gasteiger partial charge in [-0.15, -0.1) is 0 Å². The van der Waals surface area contributed by atoms with E-state index in [0.717, 1.165) is 30.5 Å². The van der Waals surface area contributed by atoms with Gasteiger partial charge in [-0.25, -0.2) is 0 Å². The van der Waals surface area contributed by atoms with Crippen LogP contribution in [0.15, 0.2) is 24.3 Å². The molecule has 0 unspecified atom stereocenters. The second kappa shape index (κ2) is 6.79. The van der Waals surface area contributed by atoms with Crippen molar-refractivity contribution in [1.29, 1.82) is 5.26 Å². The number of H-pyrrole nitrogens is 1. The molecule has 0 spiro atoms. The SMILES string of the molecule is CCCCn1c(=S)[nH]c(-c2cccc(C)c2)c(C#N)c1=S. The molecule has 1 N–H and O–H groups in total. The van der Waals surface area contributed by atoms with Crippen molar-refractivity contribution in [2.24, 2.45) is 0 Å². The number of unbranched alkanes of at least 4 members (excludes halogenated alkanes) is 1. The fourth-order valence-electron chi connectivity index (χ4n) is 2.21. The van der Waals surface area contributed by atoms with E-state index in [2.05, 4.69) is 18.0 Å². The third-order valence-corrected chi connectivity index (χ3v) is 4.09. The number of nitrogens with one attached hydrogen (secondary N) is 1. The summed E-state index contributed by atoms with van der Waals surface area (Å²) in [5.74, 6) is 0. The molecule has 1 aromatic heterocycles. The van der Waals surface area contributed by atoms with Gasteiger partial charge in [0.05, 0.1) is 5.69 Å². The molecule has 21 heavy (non-hydrogen) atoms. The molecule has 0 radical (unpaired) electrons. The van der Waals surface area contributed by atoms with Gasteiger partial charge in [0.25, 0.3) is 0 Å². The third-order valence-electron chi connectivity index (χ3n) is 3.34. The van der Waals surface area contributed by atoms with Gasteiger partial charge < -0.3 is 9.55 Å². The second-order valence-corrected chi connectivity index (χ2v) is 5.75. The van der Waals surface area contributed by atoms with Crippen molar-refractivity contribution in [2.75, 3.05) is 0 Å². The van der Waals surface area contributed by atoms with Gasteiger partial charge in [-0.05, 0) is 37.2 Å². The summed E-state index contributed by atoms with van der Waals surface area (Å²) < 4.78 is 2.93. The van der Waals surface area contributed by atoms with Crippen LogP contribution < -0.4 is 0 Å². The van der Waals surface area contributed by atoms with E-state index in [4.69, 9.17) is 24.4 Å². The normalized spacial score (nSPS) is 10.3. The maximum Gasteiger partial charge on any atom is 0.178 e. The predicted molar refractivity (Wildman–Crippen MR) is 90.2 cm³/mol. The summed E-state index contributed by atoms with van der Waals surface area (Å²) in [6, 6.07) is 10.2. The zero-order chi connectivity index (χ0) is 15.4. The molecule has 3 nitrogen and oxygen atoms in total. The van der Waals surface area contributed by atoms with Gasteiger partial charge in [-0.3, -0.25) is 0 Å². The lowest BCUT2D eigenvalue weighted by Gasteiger charge is -2.12. The Morgan fingerprint density at radius 3 is 2.71 bits per heavy atom. The highest BCUT2D eigenvalue weighted by atomic mass is 32.1. The monoisotopic (exact) mass is 315 g/mol. The average Bonchev–Trinajstić information content (AvgIpc) is 2.46. The highest BCUT2D eigenvalue weighted by molar-refractivity contribution is 7.72. The molecular formula is C16H17N3S2. The van der Waals surface area contributed by atoms with Crippen molar-refractivity contribution in [3.63, 3.8) is 0 Å². The highest BCUT2D eigenvalue weighted by Gasteiger charge is 2.11. The zero-order valence-electron chi connectivity index (χ0n) is 12.1. The van der Waals surface area contributed by atoms with Crippen LogP contribution in [-0.2, 0) is 6.54 Å². The highest BCUT2D eigenvalue weighted by Crippen LogP contribution is 2.23. The molecule has 0 aliphatic carbocycles. The van der Waals surface area contributed by atoms with Gasteiger partial charge in [-0.2, -0.15) is 5.26 Å². The summed E-state index contributed by atoms with van der Waals surface area (Å²) in [7, 11) is 0. The van der Waals surface area contributed by atoms with Crippen molar-refractivity contribution in [2.45, 2.75) is 33.2 Å². The number of rotatable bonds is 4. The van der Waals surface area contributed by atoms with Crippen LogP contribution in [0.4, 0.5) is 0 Å². The maximum atomic E-state index is 9.49. The van der Waals surface area contributed by atoms with Crippen LogP contribution in [0.5, 0.6) is 0 Å². The van der Waals surface area contributed by atoms with E-state index in [0.29, 0.717) is 20.7 Å². The topological polar surface area (TPSA) is 44.5 Å². The van der Waals surface area contributed by atoms with Crippen LogP contribution in [0, 0.1) is 27.7 Å². The summed E-state index contributed by atoms with van der Waals surface area (Å²) in [6.45, 7) is 4.87. The molecule has 0 saturated carbocycles. The number of nitriles is 1. The number of hydrogen-bond acceptors (Lipinski definition) is 3. The Kier molecular flexibility index (Phi) is 5.05. The molecule has 0 amide bonds. The third kappa shape index (κ3) is 3.29. The smallest absolute Gasteiger partial charge is 0.178 e. The first-order valence-corrected chi connectivity index (χ1v) is 7.74. The van der Waals surface area contributed by atoms with E-state index in [9.17, 15) is 5.26 Å². The number of aromatic nitrogens is 2. The molecule has 0 saturated heterocycles. The van der Waals surface area contributed by atoms with Crippen molar-refractivity contribution >= 4 is 24.4 Å². The Morgan fingerprint density at radius 2 is 2.10 bits per heavy atom. The van der Waals surface area contributed by atoms with Crippen LogP contribution in [0.1, 0.15) is 30.9 Å². The number of aryl methyl sites for hydroxylation is 1. The van der Waals surface area contributed by atoms with Crippen molar-refractivity contribution < 1.29 is 0 Å². The lowest BCUT2D eigenvalue weighted by atomic mass is 10.1. The molecule has 0 aliphatic heterocycles. The van der Waals surface area contributed by atoms with Crippen LogP contribution in [-0.4, -0.2) is 9.55 Å². The van der Waals surface area contributed by atoms with E-state index in [1.54, 1.807) is 0 Å². The van der Waals surface area contributed by atoms with E-state index >= 15 is 0 Å². The first-order valence-electron chi connectivity index (χ1n) is 6.92. The zero-order valence-corrected chi connectivity index (χ0v) is 13.8. The van der Waals surface area contributed by atoms with Crippen molar-refractivity contribution in [3.05, 3.63) is 44.8 Å². The molecule has 1 aromatic carbocycles. The molecule has 1 heterocycles. The first-order chi connectivity index (χ1) is 10.1. The van der Waals surface area contributed by atoms with Gasteiger partial charge in [0.1, 0.15) is 16.3 Å². The molecule has 0 atom stereocenters. The summed E-state index contributed by atoms with van der Waals surface area (Å²) in [5, 5.41) is 9.49. The van der Waals surface area contributed by atoms with Gasteiger partial charge in [0, 0.05) is 6.54 Å². The molecule has 2 aromatic rings. The minimum atomic E-state index is 0.486. The molecule has 0 bridgehead atoms. The quantitative estimate of drug-likeness (QED) is 0.814. The molecule has 0 fully saturated rings. The molecule has 2 rings (SSSR count). The van der Waals surface area contributed by atoms with Crippen LogP contribution in [0.2, 0.25) is 0 Å². The van der Waals surface area contributed by atoms with E-state index in [-0.39, 0.29) is 0 Å². The minimum absolute atomic E-state index is 0.486. The molecular weight excluding hydrogens is 298 g/mol. The molecule has 108 valence electrons. The number of hydrogen-bond donors (Lipinski definition) is 1. The second-order valence-electron chi connectivity index (χ2n) is 4.97. The predicted octanol–water partition coefficient (Wildman–Crippen LogP) is 4.92. The molecule has 0 aliphatic rings. The molecule has 5 heteroatoms. The van der Waals surface area contributed by atoms with Gasteiger partial charge >= 0.3 is 0 Å². The van der Waals surface area contributed by atoms with Gasteiger partial charge in [0.15, 0.2) is 4.77 Å². The van der Waals surface area contributed by atoms with E-state index in [1.165, 1.54) is 0 Å². The Labute approximate surface area is 134 Å². The first kappa shape index (κ1) is 15.6. The lowest BCUT2D eigenvalue weighted by molar-refractivity contribution is 0.605.